The van der Waals surface area contributed by atoms with Crippen molar-refractivity contribution < 1.29 is 14.3 Å². The van der Waals surface area contributed by atoms with Gasteiger partial charge in [0.05, 0.1) is 19.8 Å². The van der Waals surface area contributed by atoms with Crippen molar-refractivity contribution in [3.8, 4) is 0 Å². The van der Waals surface area contributed by atoms with Crippen molar-refractivity contribution in [1.29, 1.82) is 0 Å². The molecule has 5 nitrogen and oxygen atoms in total. The minimum absolute atomic E-state index is 0.0129. The van der Waals surface area contributed by atoms with Crippen molar-refractivity contribution >= 4 is 11.6 Å². The standard InChI is InChI=1S/C22H26N2O3/c1-23(22(25)21-19-8-4-2-6-17(19)10-13-27-21)16-18-7-3-5-9-20(18)24-11-14-26-15-12-24/h2-9,21H,10-16H2,1H3/t21-/m1/s1. The van der Waals surface area contributed by atoms with E-state index in [0.717, 1.165) is 43.9 Å². The Bertz CT molecular complexity index is 802. The maximum Gasteiger partial charge on any atom is 0.256 e. The Balaban J connectivity index is 1.52. The molecule has 2 aromatic rings. The quantitative estimate of drug-likeness (QED) is 0.835. The van der Waals surface area contributed by atoms with Crippen LogP contribution in [0, 0.1) is 0 Å². The maximum absolute atomic E-state index is 13.1. The molecule has 0 bridgehead atoms. The molecule has 4 rings (SSSR count). The molecule has 1 amide bonds. The fourth-order valence-corrected chi connectivity index (χ4v) is 3.89. The average Bonchev–Trinajstić information content (AvgIpc) is 2.74. The highest BCUT2D eigenvalue weighted by atomic mass is 16.5. The minimum atomic E-state index is -0.504. The van der Waals surface area contributed by atoms with Crippen molar-refractivity contribution in [2.45, 2.75) is 19.1 Å². The Hall–Kier alpha value is -2.37. The zero-order valence-corrected chi connectivity index (χ0v) is 15.8. The number of fused-ring (bicyclic) bond motifs is 1. The lowest BCUT2D eigenvalue weighted by atomic mass is 9.97. The molecule has 2 aliphatic rings. The number of hydrogen-bond acceptors (Lipinski definition) is 4. The average molecular weight is 366 g/mol. The van der Waals surface area contributed by atoms with Crippen LogP contribution in [0.25, 0.3) is 0 Å². The number of para-hydroxylation sites is 1. The molecule has 27 heavy (non-hydrogen) atoms. The van der Waals surface area contributed by atoms with Crippen LogP contribution in [0.4, 0.5) is 5.69 Å². The van der Waals surface area contributed by atoms with E-state index in [2.05, 4.69) is 29.2 Å². The first-order valence-electron chi connectivity index (χ1n) is 9.59. The molecule has 2 aliphatic heterocycles. The van der Waals surface area contributed by atoms with Crippen LogP contribution >= 0.6 is 0 Å². The molecule has 0 radical (unpaired) electrons. The number of ether oxygens (including phenoxy) is 2. The molecule has 2 aromatic carbocycles. The summed E-state index contributed by atoms with van der Waals surface area (Å²) >= 11 is 0. The summed E-state index contributed by atoms with van der Waals surface area (Å²) in [4.78, 5) is 17.2. The molecular formula is C22H26N2O3. The lowest BCUT2D eigenvalue weighted by molar-refractivity contribution is -0.144. The summed E-state index contributed by atoms with van der Waals surface area (Å²) in [5.41, 5.74) is 4.55. The fraction of sp³-hybridized carbons (Fsp3) is 0.409. The van der Waals surface area contributed by atoms with Crippen molar-refractivity contribution in [2.75, 3.05) is 44.9 Å². The Morgan fingerprint density at radius 1 is 1.07 bits per heavy atom. The molecule has 0 aromatic heterocycles. The summed E-state index contributed by atoms with van der Waals surface area (Å²) < 4.78 is 11.3. The van der Waals surface area contributed by atoms with E-state index in [9.17, 15) is 4.79 Å². The third-order valence-electron chi connectivity index (χ3n) is 5.34. The van der Waals surface area contributed by atoms with Crippen molar-refractivity contribution in [3.05, 3.63) is 65.2 Å². The van der Waals surface area contributed by atoms with Gasteiger partial charge in [0.15, 0.2) is 6.10 Å². The lowest BCUT2D eigenvalue weighted by Crippen LogP contribution is -2.38. The number of carbonyl (C=O) groups is 1. The molecule has 0 spiro atoms. The highest BCUT2D eigenvalue weighted by molar-refractivity contribution is 5.83. The predicted molar refractivity (Wildman–Crippen MR) is 105 cm³/mol. The van der Waals surface area contributed by atoms with Gasteiger partial charge >= 0.3 is 0 Å². The predicted octanol–water partition coefficient (Wildman–Crippen LogP) is 2.80. The van der Waals surface area contributed by atoms with Crippen LogP contribution in [0.2, 0.25) is 0 Å². The Morgan fingerprint density at radius 3 is 2.67 bits per heavy atom. The molecule has 0 saturated carbocycles. The monoisotopic (exact) mass is 366 g/mol. The second-order valence-corrected chi connectivity index (χ2v) is 7.12. The van der Waals surface area contributed by atoms with Crippen LogP contribution in [0.3, 0.4) is 0 Å². The number of carbonyl (C=O) groups excluding carboxylic acids is 1. The molecule has 1 atom stereocenters. The normalized spacial score (nSPS) is 19.4. The van der Waals surface area contributed by atoms with E-state index < -0.39 is 6.10 Å². The van der Waals surface area contributed by atoms with Crippen LogP contribution in [-0.4, -0.2) is 50.8 Å². The summed E-state index contributed by atoms with van der Waals surface area (Å²) in [7, 11) is 1.86. The number of benzene rings is 2. The van der Waals surface area contributed by atoms with Gasteiger partial charge in [-0.2, -0.15) is 0 Å². The molecular weight excluding hydrogens is 340 g/mol. The van der Waals surface area contributed by atoms with Gasteiger partial charge in [0, 0.05) is 32.4 Å². The van der Waals surface area contributed by atoms with Gasteiger partial charge in [-0.15, -0.1) is 0 Å². The summed E-state index contributed by atoms with van der Waals surface area (Å²) in [6, 6.07) is 16.4. The maximum atomic E-state index is 13.1. The number of nitrogens with zero attached hydrogens (tertiary/aromatic N) is 2. The first-order valence-corrected chi connectivity index (χ1v) is 9.59. The first kappa shape index (κ1) is 18.0. The fourth-order valence-electron chi connectivity index (χ4n) is 3.89. The summed E-state index contributed by atoms with van der Waals surface area (Å²) in [5, 5.41) is 0. The van der Waals surface area contributed by atoms with Gasteiger partial charge in [-0.25, -0.2) is 0 Å². The van der Waals surface area contributed by atoms with Gasteiger partial charge in [-0.05, 0) is 29.2 Å². The molecule has 0 N–H and O–H groups in total. The lowest BCUT2D eigenvalue weighted by Gasteiger charge is -2.32. The molecule has 142 valence electrons. The Labute approximate surface area is 160 Å². The Morgan fingerprint density at radius 2 is 1.81 bits per heavy atom. The Kier molecular flexibility index (Phi) is 5.41. The topological polar surface area (TPSA) is 42.0 Å². The summed E-state index contributed by atoms with van der Waals surface area (Å²) in [6.45, 7) is 4.41. The largest absolute Gasteiger partial charge is 0.378 e. The first-order chi connectivity index (χ1) is 13.2. The number of likely N-dealkylation sites (N-methyl/N-ethyl adjacent to an activating group) is 1. The van der Waals surface area contributed by atoms with Gasteiger partial charge in [0.25, 0.3) is 5.91 Å². The van der Waals surface area contributed by atoms with E-state index in [1.54, 1.807) is 4.90 Å². The number of amides is 1. The van der Waals surface area contributed by atoms with Gasteiger partial charge in [0.2, 0.25) is 0 Å². The van der Waals surface area contributed by atoms with Crippen LogP contribution in [0.15, 0.2) is 48.5 Å². The van der Waals surface area contributed by atoms with Crippen molar-refractivity contribution in [2.24, 2.45) is 0 Å². The van der Waals surface area contributed by atoms with Crippen LogP contribution in [0.5, 0.6) is 0 Å². The zero-order chi connectivity index (χ0) is 18.6. The molecule has 0 unspecified atom stereocenters. The minimum Gasteiger partial charge on any atom is -0.378 e. The third-order valence-corrected chi connectivity index (χ3v) is 5.34. The van der Waals surface area contributed by atoms with Gasteiger partial charge in [-0.1, -0.05) is 42.5 Å². The third kappa shape index (κ3) is 3.84. The number of hydrogen-bond donors (Lipinski definition) is 0. The van der Waals surface area contributed by atoms with Crippen LogP contribution in [0.1, 0.15) is 22.8 Å². The molecule has 5 heteroatoms. The highest BCUT2D eigenvalue weighted by Gasteiger charge is 2.30. The second-order valence-electron chi connectivity index (χ2n) is 7.12. The van der Waals surface area contributed by atoms with Crippen molar-refractivity contribution in [3.63, 3.8) is 0 Å². The molecule has 2 heterocycles. The zero-order valence-electron chi connectivity index (χ0n) is 15.8. The van der Waals surface area contributed by atoms with Crippen molar-refractivity contribution in [1.82, 2.24) is 4.90 Å². The van der Waals surface area contributed by atoms with E-state index in [0.29, 0.717) is 13.2 Å². The van der Waals surface area contributed by atoms with Gasteiger partial charge < -0.3 is 19.3 Å². The summed E-state index contributed by atoms with van der Waals surface area (Å²) in [6.07, 6.45) is 0.360. The van der Waals surface area contributed by atoms with E-state index in [-0.39, 0.29) is 5.91 Å². The van der Waals surface area contributed by atoms with E-state index in [1.807, 2.05) is 31.3 Å². The molecule has 1 saturated heterocycles. The highest BCUT2D eigenvalue weighted by Crippen LogP contribution is 2.29. The smallest absolute Gasteiger partial charge is 0.256 e. The summed E-state index contributed by atoms with van der Waals surface area (Å²) in [5.74, 6) is 0.0129. The number of anilines is 1. The number of morpholine rings is 1. The van der Waals surface area contributed by atoms with E-state index in [1.165, 1.54) is 11.3 Å². The van der Waals surface area contributed by atoms with Crippen LogP contribution < -0.4 is 4.90 Å². The van der Waals surface area contributed by atoms with Gasteiger partial charge in [0.1, 0.15) is 0 Å². The number of rotatable bonds is 4. The molecule has 1 fully saturated rings. The SMILES string of the molecule is CN(Cc1ccccc1N1CCOCC1)C(=O)[C@@H]1OCCc2ccccc21. The second kappa shape index (κ2) is 8.11. The van der Waals surface area contributed by atoms with E-state index >= 15 is 0 Å². The molecule has 0 aliphatic carbocycles. The van der Waals surface area contributed by atoms with Gasteiger partial charge in [-0.3, -0.25) is 4.79 Å². The van der Waals surface area contributed by atoms with E-state index in [4.69, 9.17) is 9.47 Å². The van der Waals surface area contributed by atoms with Crippen LogP contribution in [-0.2, 0) is 27.2 Å².